The van der Waals surface area contributed by atoms with Gasteiger partial charge in [-0.1, -0.05) is 0 Å². The molecule has 0 bridgehead atoms. The molecule has 204 valence electrons. The highest BCUT2D eigenvalue weighted by Gasteiger charge is 2.43. The van der Waals surface area contributed by atoms with Gasteiger partial charge in [0.25, 0.3) is 11.1 Å². The number of aliphatic hydroxyl groups excluding tert-OH is 3. The molecule has 2 aromatic rings. The highest BCUT2D eigenvalue weighted by molar-refractivity contribution is 7.60. The van der Waals surface area contributed by atoms with Gasteiger partial charge in [0.1, 0.15) is 18.3 Å². The Morgan fingerprint density at radius 1 is 0.944 bits per heavy atom. The minimum atomic E-state index is -5.05. The van der Waals surface area contributed by atoms with Gasteiger partial charge < -0.3 is 44.6 Å². The Hall–Kier alpha value is -2.54. The van der Waals surface area contributed by atoms with E-state index in [1.165, 1.54) is 19.3 Å². The first-order valence-electron chi connectivity index (χ1n) is 9.42. The van der Waals surface area contributed by atoms with Crippen LogP contribution in [0.2, 0.25) is 0 Å². The highest BCUT2D eigenvalue weighted by Crippen LogP contribution is 2.53. The van der Waals surface area contributed by atoms with E-state index in [9.17, 15) is 38.5 Å². The minimum absolute atomic E-state index is 0.271. The van der Waals surface area contributed by atoms with E-state index in [-0.39, 0.29) is 11.1 Å². The number of hydrogen-bond acceptors (Lipinski definition) is 11. The number of aromatic nitrogens is 4. The lowest BCUT2D eigenvalue weighted by atomic mass is 10.1. The van der Waals surface area contributed by atoms with Crippen LogP contribution < -0.4 is 22.5 Å². The molecule has 1 aliphatic rings. The van der Waals surface area contributed by atoms with Gasteiger partial charge in [0.15, 0.2) is 6.23 Å². The average molecular weight is 562 g/mol. The van der Waals surface area contributed by atoms with E-state index in [2.05, 4.69) is 19.3 Å². The van der Waals surface area contributed by atoms with Crippen molar-refractivity contribution in [1.29, 1.82) is 0 Å². The molecule has 4 atom stereocenters. The molecule has 3 rings (SSSR count). The van der Waals surface area contributed by atoms with Crippen molar-refractivity contribution in [2.75, 3.05) is 6.61 Å². The Kier molecular flexibility index (Phi) is 11.0. The maximum Gasteiger partial charge on any atom is 0.478 e. The quantitative estimate of drug-likeness (QED) is 0.159. The van der Waals surface area contributed by atoms with Crippen molar-refractivity contribution in [3.8, 4) is 0 Å². The third kappa shape index (κ3) is 9.84. The maximum absolute atomic E-state index is 11.6. The molecule has 1 aliphatic heterocycles. The van der Waals surface area contributed by atoms with Gasteiger partial charge in [-0.3, -0.25) is 24.1 Å². The van der Waals surface area contributed by atoms with E-state index in [4.69, 9.17) is 29.4 Å². The normalized spacial score (nSPS) is 21.7. The number of phosphoric acid groups is 2. The number of rotatable bonds is 4. The van der Waals surface area contributed by atoms with Gasteiger partial charge in [0.05, 0.1) is 6.61 Å². The summed E-state index contributed by atoms with van der Waals surface area (Å²) < 4.78 is 28.4. The standard InChI is InChI=1S/C10H14N2O6.C5H6N2O2.H4O7P2/c1-4-2-12(10(17)11-8(4)16)9-7(15)6(14)5(3-13)18-9;1-3-2-6-5(9)7-4(3)8;1-8(2,3)7-9(4,5)6/h2,5-7,9,13-15H,3H2,1H3,(H,11,16,17);2H,1H3,(H2,6,7,8,9);(H2,1,2,3)(H2,4,5,6)/t5-,6-,7-,9-;;/m1../s1. The number of aromatic amines is 3. The highest BCUT2D eigenvalue weighted by atomic mass is 31.3. The second-order valence-electron chi connectivity index (χ2n) is 7.03. The largest absolute Gasteiger partial charge is 0.478 e. The number of hydrogen-bond donors (Lipinski definition) is 10. The fourth-order valence-electron chi connectivity index (χ4n) is 2.50. The first-order chi connectivity index (χ1) is 16.4. The summed E-state index contributed by atoms with van der Waals surface area (Å²) in [7, 11) is -10.1. The molecule has 36 heavy (non-hydrogen) atoms. The second kappa shape index (κ2) is 12.6. The summed E-state index contributed by atoms with van der Waals surface area (Å²) in [6.45, 7) is 2.64. The smallest absolute Gasteiger partial charge is 0.394 e. The lowest BCUT2D eigenvalue weighted by Crippen LogP contribution is -2.38. The molecule has 10 N–H and O–H groups in total. The summed E-state index contributed by atoms with van der Waals surface area (Å²) in [4.78, 5) is 81.2. The minimum Gasteiger partial charge on any atom is -0.394 e. The van der Waals surface area contributed by atoms with Crippen LogP contribution in [-0.2, 0) is 18.2 Å². The summed E-state index contributed by atoms with van der Waals surface area (Å²) >= 11 is 0. The van der Waals surface area contributed by atoms with E-state index in [0.29, 0.717) is 5.56 Å². The predicted molar refractivity (Wildman–Crippen MR) is 117 cm³/mol. The number of nitrogens with one attached hydrogen (secondary N) is 3. The van der Waals surface area contributed by atoms with Gasteiger partial charge in [-0.2, -0.15) is 4.31 Å². The van der Waals surface area contributed by atoms with Crippen molar-refractivity contribution in [3.05, 3.63) is 65.2 Å². The van der Waals surface area contributed by atoms with Crippen LogP contribution in [-0.4, -0.2) is 79.3 Å². The molecule has 3 heterocycles. The van der Waals surface area contributed by atoms with Crippen LogP contribution in [0.3, 0.4) is 0 Å². The fraction of sp³-hybridized carbons (Fsp3) is 0.467. The summed E-state index contributed by atoms with van der Waals surface area (Å²) in [5, 5.41) is 28.3. The molecule has 0 aromatic carbocycles. The van der Waals surface area contributed by atoms with Crippen LogP contribution in [0.15, 0.2) is 31.6 Å². The van der Waals surface area contributed by atoms with Crippen LogP contribution in [0.1, 0.15) is 17.4 Å². The number of aliphatic hydroxyl groups is 3. The first-order valence-corrected chi connectivity index (χ1v) is 12.5. The van der Waals surface area contributed by atoms with Crippen molar-refractivity contribution in [2.45, 2.75) is 38.4 Å². The van der Waals surface area contributed by atoms with Crippen molar-refractivity contribution in [2.24, 2.45) is 0 Å². The third-order valence-electron chi connectivity index (χ3n) is 4.15. The van der Waals surface area contributed by atoms with Crippen molar-refractivity contribution >= 4 is 15.6 Å². The number of aryl methyl sites for hydroxylation is 2. The molecule has 2 aromatic heterocycles. The average Bonchev–Trinajstić information content (AvgIpc) is 3.00. The predicted octanol–water partition coefficient (Wildman–Crippen LogP) is -3.98. The second-order valence-corrected chi connectivity index (χ2v) is 9.64. The van der Waals surface area contributed by atoms with Gasteiger partial charge >= 0.3 is 27.0 Å². The zero-order valence-corrected chi connectivity index (χ0v) is 20.2. The van der Waals surface area contributed by atoms with Gasteiger partial charge in [-0.15, -0.1) is 0 Å². The van der Waals surface area contributed by atoms with Gasteiger partial charge in [-0.05, 0) is 13.8 Å². The molecule has 21 heteroatoms. The van der Waals surface area contributed by atoms with E-state index in [1.807, 2.05) is 0 Å². The van der Waals surface area contributed by atoms with Crippen LogP contribution in [0.5, 0.6) is 0 Å². The summed E-state index contributed by atoms with van der Waals surface area (Å²) in [5.74, 6) is 0. The topological polar surface area (TPSA) is 315 Å². The molecule has 0 amide bonds. The molecule has 0 unspecified atom stereocenters. The summed E-state index contributed by atoms with van der Waals surface area (Å²) in [5.41, 5.74) is -1.30. The lowest BCUT2D eigenvalue weighted by molar-refractivity contribution is -0.0551. The number of H-pyrrole nitrogens is 3. The fourth-order valence-corrected chi connectivity index (χ4v) is 3.61. The van der Waals surface area contributed by atoms with E-state index in [1.54, 1.807) is 6.92 Å². The molecule has 19 nitrogen and oxygen atoms in total. The van der Waals surface area contributed by atoms with E-state index in [0.717, 1.165) is 4.57 Å². The Labute approximate surface area is 199 Å². The summed E-state index contributed by atoms with van der Waals surface area (Å²) in [6, 6.07) is 0. The maximum atomic E-state index is 11.6. The van der Waals surface area contributed by atoms with Gasteiger partial charge in [-0.25, -0.2) is 18.7 Å². The zero-order valence-electron chi connectivity index (χ0n) is 18.4. The Morgan fingerprint density at radius 2 is 1.47 bits per heavy atom. The van der Waals surface area contributed by atoms with Crippen LogP contribution in [0.4, 0.5) is 0 Å². The Bertz CT molecular complexity index is 1330. The van der Waals surface area contributed by atoms with E-state index >= 15 is 0 Å². The zero-order chi connectivity index (χ0) is 28.0. The summed E-state index contributed by atoms with van der Waals surface area (Å²) in [6.07, 6.45) is -2.14. The molecule has 1 fully saturated rings. The van der Waals surface area contributed by atoms with Crippen LogP contribution in [0.25, 0.3) is 0 Å². The SMILES string of the molecule is Cc1c[nH]c(=O)[nH]c1=O.Cc1cn([C@@H]2O[C@H](CO)[C@@H](O)[C@H]2O)c(=O)[nH]c1=O.O=P(O)(O)OP(=O)(O)O. The Balaban J connectivity index is 0.000000303. The molecular formula is C15H24N4O15P2. The van der Waals surface area contributed by atoms with Crippen molar-refractivity contribution < 1.29 is 53.1 Å². The van der Waals surface area contributed by atoms with Crippen molar-refractivity contribution in [1.82, 2.24) is 19.5 Å². The molecule has 1 saturated heterocycles. The van der Waals surface area contributed by atoms with E-state index < -0.39 is 63.7 Å². The lowest BCUT2D eigenvalue weighted by Gasteiger charge is -2.17. The molecule has 0 spiro atoms. The van der Waals surface area contributed by atoms with Crippen LogP contribution in [0, 0.1) is 13.8 Å². The molecule has 0 radical (unpaired) electrons. The molecule has 0 aliphatic carbocycles. The number of ether oxygens (including phenoxy) is 1. The molecular weight excluding hydrogens is 538 g/mol. The first kappa shape index (κ1) is 31.5. The van der Waals surface area contributed by atoms with Gasteiger partial charge in [0, 0.05) is 23.5 Å². The number of nitrogens with zero attached hydrogens (tertiary/aromatic N) is 1. The Morgan fingerprint density at radius 3 is 1.86 bits per heavy atom. The van der Waals surface area contributed by atoms with Crippen LogP contribution >= 0.6 is 15.6 Å². The van der Waals surface area contributed by atoms with Gasteiger partial charge in [0.2, 0.25) is 0 Å². The third-order valence-corrected chi connectivity index (χ3v) is 5.86. The van der Waals surface area contributed by atoms with Crippen molar-refractivity contribution in [3.63, 3.8) is 0 Å². The molecule has 0 saturated carbocycles. The monoisotopic (exact) mass is 562 g/mol.